The molecule has 0 bridgehead atoms. The average molecular weight is 241 g/mol. The molecule has 0 amide bonds. The standard InChI is InChI=1S/C10H15NO.C2H6.CH2O2/c1-11-8-7-9-3-5-10(12-2)6-4-9;1-2;2-1-3/h3-6,11H,7-8H2,1-2H3;1-2H3;1H,(H,2,3). The molecule has 0 heterocycles. The quantitative estimate of drug-likeness (QED) is 0.793. The number of nitrogens with one attached hydrogen (secondary N) is 1. The van der Waals surface area contributed by atoms with Crippen molar-refractivity contribution in [1.82, 2.24) is 5.32 Å². The van der Waals surface area contributed by atoms with Crippen LogP contribution in [0.3, 0.4) is 0 Å². The van der Waals surface area contributed by atoms with Gasteiger partial charge in [-0.3, -0.25) is 4.79 Å². The third-order valence-electron chi connectivity index (χ3n) is 1.82. The summed E-state index contributed by atoms with van der Waals surface area (Å²) in [5.41, 5.74) is 1.34. The van der Waals surface area contributed by atoms with E-state index in [4.69, 9.17) is 14.6 Å². The fraction of sp³-hybridized carbons (Fsp3) is 0.462. The number of hydrogen-bond donors (Lipinski definition) is 2. The minimum Gasteiger partial charge on any atom is -0.497 e. The Kier molecular flexibility index (Phi) is 15.2. The second-order valence-electron chi connectivity index (χ2n) is 2.81. The van der Waals surface area contributed by atoms with Gasteiger partial charge in [0.1, 0.15) is 5.75 Å². The summed E-state index contributed by atoms with van der Waals surface area (Å²) in [6, 6.07) is 8.17. The molecule has 1 rings (SSSR count). The Morgan fingerprint density at radius 3 is 2.12 bits per heavy atom. The van der Waals surface area contributed by atoms with Crippen LogP contribution in [0.25, 0.3) is 0 Å². The van der Waals surface area contributed by atoms with Gasteiger partial charge in [0.05, 0.1) is 7.11 Å². The van der Waals surface area contributed by atoms with Crippen LogP contribution in [-0.2, 0) is 11.2 Å². The monoisotopic (exact) mass is 241 g/mol. The van der Waals surface area contributed by atoms with E-state index in [9.17, 15) is 0 Å². The Bertz CT molecular complexity index is 260. The highest BCUT2D eigenvalue weighted by Gasteiger charge is 1.92. The van der Waals surface area contributed by atoms with E-state index in [2.05, 4.69) is 17.4 Å². The molecule has 4 nitrogen and oxygen atoms in total. The Morgan fingerprint density at radius 1 is 1.29 bits per heavy atom. The lowest BCUT2D eigenvalue weighted by Gasteiger charge is -2.02. The smallest absolute Gasteiger partial charge is 0.290 e. The largest absolute Gasteiger partial charge is 0.497 e. The van der Waals surface area contributed by atoms with Crippen LogP contribution in [0.5, 0.6) is 5.75 Å². The molecule has 0 radical (unpaired) electrons. The molecule has 2 N–H and O–H groups in total. The Labute approximate surface area is 104 Å². The van der Waals surface area contributed by atoms with E-state index in [0.717, 1.165) is 18.7 Å². The second kappa shape index (κ2) is 14.5. The summed E-state index contributed by atoms with van der Waals surface area (Å²) in [6.45, 7) is 4.77. The van der Waals surface area contributed by atoms with Gasteiger partial charge in [-0.2, -0.15) is 0 Å². The fourth-order valence-corrected chi connectivity index (χ4v) is 1.06. The molecule has 0 fully saturated rings. The number of carbonyl (C=O) groups is 1. The number of hydrogen-bond acceptors (Lipinski definition) is 3. The van der Waals surface area contributed by atoms with Gasteiger partial charge in [-0.05, 0) is 37.7 Å². The van der Waals surface area contributed by atoms with Crippen molar-refractivity contribution in [2.45, 2.75) is 20.3 Å². The molecule has 1 aromatic carbocycles. The van der Waals surface area contributed by atoms with Gasteiger partial charge in [0.2, 0.25) is 0 Å². The lowest BCUT2D eigenvalue weighted by molar-refractivity contribution is -0.122. The molecular weight excluding hydrogens is 218 g/mol. The van der Waals surface area contributed by atoms with Crippen LogP contribution < -0.4 is 10.1 Å². The summed E-state index contributed by atoms with van der Waals surface area (Å²) in [6.07, 6.45) is 1.07. The van der Waals surface area contributed by atoms with Gasteiger partial charge in [-0.25, -0.2) is 0 Å². The molecule has 4 heteroatoms. The number of methoxy groups -OCH3 is 1. The summed E-state index contributed by atoms with van der Waals surface area (Å²) in [7, 11) is 3.64. The number of benzene rings is 1. The van der Waals surface area contributed by atoms with Gasteiger partial charge in [0.25, 0.3) is 6.47 Å². The van der Waals surface area contributed by atoms with Crippen LogP contribution in [0.15, 0.2) is 24.3 Å². The highest BCUT2D eigenvalue weighted by atomic mass is 16.5. The first-order valence-corrected chi connectivity index (χ1v) is 5.63. The zero-order valence-electron chi connectivity index (χ0n) is 11.1. The van der Waals surface area contributed by atoms with Crippen LogP contribution in [0.1, 0.15) is 19.4 Å². The van der Waals surface area contributed by atoms with Gasteiger partial charge < -0.3 is 15.2 Å². The number of carboxylic acid groups (broad SMARTS) is 1. The van der Waals surface area contributed by atoms with E-state index >= 15 is 0 Å². The maximum Gasteiger partial charge on any atom is 0.290 e. The van der Waals surface area contributed by atoms with Gasteiger partial charge in [0.15, 0.2) is 0 Å². The molecule has 0 spiro atoms. The molecule has 98 valence electrons. The van der Waals surface area contributed by atoms with Gasteiger partial charge in [-0.15, -0.1) is 0 Å². The first-order chi connectivity index (χ1) is 8.28. The summed E-state index contributed by atoms with van der Waals surface area (Å²) in [4.78, 5) is 8.36. The van der Waals surface area contributed by atoms with Crippen LogP contribution in [-0.4, -0.2) is 32.3 Å². The van der Waals surface area contributed by atoms with E-state index in [1.807, 2.05) is 33.0 Å². The fourth-order valence-electron chi connectivity index (χ4n) is 1.06. The van der Waals surface area contributed by atoms with E-state index in [1.54, 1.807) is 7.11 Å². The zero-order valence-corrected chi connectivity index (χ0v) is 11.1. The minimum absolute atomic E-state index is 0.250. The van der Waals surface area contributed by atoms with E-state index < -0.39 is 0 Å². The van der Waals surface area contributed by atoms with Gasteiger partial charge in [0, 0.05) is 0 Å². The Hall–Kier alpha value is -1.55. The van der Waals surface area contributed by atoms with Gasteiger partial charge >= 0.3 is 0 Å². The van der Waals surface area contributed by atoms with Crippen molar-refractivity contribution < 1.29 is 14.6 Å². The number of ether oxygens (including phenoxy) is 1. The third kappa shape index (κ3) is 10.7. The molecule has 0 atom stereocenters. The predicted molar refractivity (Wildman–Crippen MR) is 70.7 cm³/mol. The van der Waals surface area contributed by atoms with Crippen molar-refractivity contribution in [3.63, 3.8) is 0 Å². The molecular formula is C13H23NO3. The predicted octanol–water partition coefficient (Wildman–Crippen LogP) is 2.18. The second-order valence-corrected chi connectivity index (χ2v) is 2.81. The third-order valence-corrected chi connectivity index (χ3v) is 1.82. The van der Waals surface area contributed by atoms with Crippen molar-refractivity contribution in [3.05, 3.63) is 29.8 Å². The highest BCUT2D eigenvalue weighted by molar-refractivity contribution is 5.32. The number of rotatable bonds is 4. The summed E-state index contributed by atoms with van der Waals surface area (Å²) < 4.78 is 5.06. The van der Waals surface area contributed by atoms with Crippen LogP contribution in [0.4, 0.5) is 0 Å². The molecule has 17 heavy (non-hydrogen) atoms. The topological polar surface area (TPSA) is 58.6 Å². The van der Waals surface area contributed by atoms with Gasteiger partial charge in [-0.1, -0.05) is 26.0 Å². The zero-order chi connectivity index (χ0) is 13.5. The maximum atomic E-state index is 8.36. The van der Waals surface area contributed by atoms with Crippen LogP contribution >= 0.6 is 0 Å². The summed E-state index contributed by atoms with van der Waals surface area (Å²) in [5, 5.41) is 10.0. The van der Waals surface area contributed by atoms with Crippen molar-refractivity contribution in [1.29, 1.82) is 0 Å². The minimum atomic E-state index is -0.250. The average Bonchev–Trinajstić information content (AvgIpc) is 2.40. The van der Waals surface area contributed by atoms with E-state index in [1.165, 1.54) is 5.56 Å². The Morgan fingerprint density at radius 2 is 1.76 bits per heavy atom. The van der Waals surface area contributed by atoms with Crippen molar-refractivity contribution in [3.8, 4) is 5.75 Å². The van der Waals surface area contributed by atoms with Crippen LogP contribution in [0, 0.1) is 0 Å². The first kappa shape index (κ1) is 17.8. The molecule has 0 saturated carbocycles. The highest BCUT2D eigenvalue weighted by Crippen LogP contribution is 2.11. The van der Waals surface area contributed by atoms with E-state index in [-0.39, 0.29) is 6.47 Å². The molecule has 0 aromatic heterocycles. The van der Waals surface area contributed by atoms with E-state index in [0.29, 0.717) is 0 Å². The first-order valence-electron chi connectivity index (χ1n) is 5.63. The normalized spacial score (nSPS) is 8.00. The molecule has 0 saturated heterocycles. The summed E-state index contributed by atoms with van der Waals surface area (Å²) >= 11 is 0. The lowest BCUT2D eigenvalue weighted by Crippen LogP contribution is -2.10. The van der Waals surface area contributed by atoms with Crippen LogP contribution in [0.2, 0.25) is 0 Å². The SMILES string of the molecule is CC.CNCCc1ccc(OC)cc1.O=CO. The van der Waals surface area contributed by atoms with Crippen molar-refractivity contribution >= 4 is 6.47 Å². The lowest BCUT2D eigenvalue weighted by atomic mass is 10.1. The van der Waals surface area contributed by atoms with Crippen molar-refractivity contribution in [2.75, 3.05) is 20.7 Å². The molecule has 0 aliphatic rings. The molecule has 1 aromatic rings. The van der Waals surface area contributed by atoms with Crippen molar-refractivity contribution in [2.24, 2.45) is 0 Å². The molecule has 0 aliphatic heterocycles. The Balaban J connectivity index is 0. The maximum absolute atomic E-state index is 8.36. The summed E-state index contributed by atoms with van der Waals surface area (Å²) in [5.74, 6) is 0.920. The molecule has 0 aliphatic carbocycles. The number of likely N-dealkylation sites (N-methyl/N-ethyl adjacent to an activating group) is 1. The molecule has 0 unspecified atom stereocenters.